The number of hydrogen-bond donors (Lipinski definition) is 1. The highest BCUT2D eigenvalue weighted by Gasteiger charge is 2.15. The zero-order valence-corrected chi connectivity index (χ0v) is 11.1. The molecule has 0 saturated carbocycles. The molecule has 0 amide bonds. The molecule has 0 saturated heterocycles. The number of aromatic nitrogens is 2. The van der Waals surface area contributed by atoms with E-state index in [1.165, 1.54) is 17.1 Å². The first-order chi connectivity index (χ1) is 8.31. The van der Waals surface area contributed by atoms with Crippen LogP contribution >= 0.6 is 23.1 Å². The van der Waals surface area contributed by atoms with E-state index < -0.39 is 0 Å². The van der Waals surface area contributed by atoms with E-state index >= 15 is 0 Å². The van der Waals surface area contributed by atoms with E-state index in [1.54, 1.807) is 0 Å². The molecule has 0 aliphatic carbocycles. The molecule has 0 spiro atoms. The number of nitrogens with one attached hydrogen (secondary N) is 1. The molecular formula is C12H14ClN3S. The fourth-order valence-electron chi connectivity index (χ4n) is 1.63. The van der Waals surface area contributed by atoms with Crippen molar-refractivity contribution < 1.29 is 0 Å². The summed E-state index contributed by atoms with van der Waals surface area (Å²) < 4.78 is 3.92. The van der Waals surface area contributed by atoms with Gasteiger partial charge in [-0.1, -0.05) is 35.1 Å². The summed E-state index contributed by atoms with van der Waals surface area (Å²) in [5, 5.41) is 8.15. The van der Waals surface area contributed by atoms with Crippen LogP contribution in [0.3, 0.4) is 0 Å². The average Bonchev–Trinajstić information content (AvgIpc) is 2.85. The predicted molar refractivity (Wildman–Crippen MR) is 71.5 cm³/mol. The number of hydrogen-bond acceptors (Lipinski definition) is 4. The maximum Gasteiger partial charge on any atom is 0.0703 e. The van der Waals surface area contributed by atoms with Crippen molar-refractivity contribution in [2.45, 2.75) is 19.4 Å². The second-order valence-electron chi connectivity index (χ2n) is 3.76. The summed E-state index contributed by atoms with van der Waals surface area (Å²) in [5.41, 5.74) is 1.19. The van der Waals surface area contributed by atoms with Gasteiger partial charge >= 0.3 is 0 Å². The van der Waals surface area contributed by atoms with Crippen LogP contribution in [0.2, 0.25) is 5.02 Å². The van der Waals surface area contributed by atoms with Gasteiger partial charge in [-0.2, -0.15) is 0 Å². The molecule has 1 atom stereocenters. The van der Waals surface area contributed by atoms with Crippen LogP contribution in [0.5, 0.6) is 0 Å². The lowest BCUT2D eigenvalue weighted by molar-refractivity contribution is 0.605. The van der Waals surface area contributed by atoms with Crippen LogP contribution in [0.25, 0.3) is 0 Å². The van der Waals surface area contributed by atoms with E-state index in [0.29, 0.717) is 0 Å². The third kappa shape index (κ3) is 3.25. The first-order valence-electron chi connectivity index (χ1n) is 5.57. The second kappa shape index (κ2) is 6.10. The quantitative estimate of drug-likeness (QED) is 0.903. The molecule has 2 aromatic rings. The molecule has 0 fully saturated rings. The van der Waals surface area contributed by atoms with Gasteiger partial charge in [-0.15, -0.1) is 5.10 Å². The molecule has 2 rings (SSSR count). The Morgan fingerprint density at radius 1 is 1.35 bits per heavy atom. The van der Waals surface area contributed by atoms with Gasteiger partial charge in [0.1, 0.15) is 0 Å². The van der Waals surface area contributed by atoms with Crippen LogP contribution in [0.4, 0.5) is 0 Å². The van der Waals surface area contributed by atoms with Gasteiger partial charge in [-0.05, 0) is 42.2 Å². The number of nitrogens with zero attached hydrogens (tertiary/aromatic N) is 2. The van der Waals surface area contributed by atoms with Crippen LogP contribution in [0, 0.1) is 0 Å². The molecule has 5 heteroatoms. The van der Waals surface area contributed by atoms with Crippen molar-refractivity contribution in [2.24, 2.45) is 0 Å². The van der Waals surface area contributed by atoms with Gasteiger partial charge < -0.3 is 5.32 Å². The summed E-state index contributed by atoms with van der Waals surface area (Å²) >= 11 is 7.33. The molecule has 0 aliphatic rings. The van der Waals surface area contributed by atoms with Gasteiger partial charge in [-0.25, -0.2) is 0 Å². The summed E-state index contributed by atoms with van der Waals surface area (Å²) in [5.74, 6) is 0. The van der Waals surface area contributed by atoms with Gasteiger partial charge in [-0.3, -0.25) is 0 Å². The van der Waals surface area contributed by atoms with Gasteiger partial charge in [0, 0.05) is 5.02 Å². The molecule has 17 heavy (non-hydrogen) atoms. The maximum atomic E-state index is 5.90. The van der Waals surface area contributed by atoms with Crippen LogP contribution in [0.1, 0.15) is 29.8 Å². The normalized spacial score (nSPS) is 12.6. The number of rotatable bonds is 5. The Morgan fingerprint density at radius 3 is 2.71 bits per heavy atom. The Kier molecular flexibility index (Phi) is 4.48. The molecule has 90 valence electrons. The van der Waals surface area contributed by atoms with Gasteiger partial charge in [0.05, 0.1) is 17.1 Å². The molecule has 3 nitrogen and oxygen atoms in total. The highest BCUT2D eigenvalue weighted by atomic mass is 35.5. The molecule has 1 aromatic heterocycles. The van der Waals surface area contributed by atoms with Crippen molar-refractivity contribution in [1.82, 2.24) is 14.9 Å². The van der Waals surface area contributed by atoms with Gasteiger partial charge in [0.25, 0.3) is 0 Å². The van der Waals surface area contributed by atoms with E-state index in [0.717, 1.165) is 22.9 Å². The molecule has 1 aromatic carbocycles. The largest absolute Gasteiger partial charge is 0.305 e. The zero-order valence-electron chi connectivity index (χ0n) is 9.56. The van der Waals surface area contributed by atoms with Crippen LogP contribution in [-0.4, -0.2) is 16.1 Å². The Balaban J connectivity index is 2.23. The lowest BCUT2D eigenvalue weighted by Gasteiger charge is -2.16. The smallest absolute Gasteiger partial charge is 0.0703 e. The highest BCUT2D eigenvalue weighted by Crippen LogP contribution is 2.25. The van der Waals surface area contributed by atoms with Crippen LogP contribution in [0.15, 0.2) is 30.5 Å². The van der Waals surface area contributed by atoms with Crippen molar-refractivity contribution in [1.29, 1.82) is 0 Å². The molecular weight excluding hydrogens is 254 g/mol. The minimum Gasteiger partial charge on any atom is -0.305 e. The summed E-state index contributed by atoms with van der Waals surface area (Å²) in [4.78, 5) is 1.13. The van der Waals surface area contributed by atoms with Crippen molar-refractivity contribution in [3.63, 3.8) is 0 Å². The number of benzene rings is 1. The average molecular weight is 268 g/mol. The van der Waals surface area contributed by atoms with E-state index in [4.69, 9.17) is 11.6 Å². The standard InChI is InChI=1S/C12H14ClN3S/c1-2-7-14-12(11-8-15-16-17-11)9-3-5-10(13)6-4-9/h3-6,8,12,14H,2,7H2,1H3. The van der Waals surface area contributed by atoms with Crippen molar-refractivity contribution in [3.8, 4) is 0 Å². The first-order valence-corrected chi connectivity index (χ1v) is 6.72. The van der Waals surface area contributed by atoms with E-state index in [2.05, 4.69) is 21.8 Å². The minimum absolute atomic E-state index is 0.159. The maximum absolute atomic E-state index is 5.90. The van der Waals surface area contributed by atoms with Gasteiger partial charge in [0.2, 0.25) is 0 Å². The highest BCUT2D eigenvalue weighted by molar-refractivity contribution is 7.05. The zero-order chi connectivity index (χ0) is 12.1. The molecule has 0 aliphatic heterocycles. The third-order valence-corrected chi connectivity index (χ3v) is 3.44. The van der Waals surface area contributed by atoms with E-state index in [1.807, 2.05) is 30.5 Å². The number of halogens is 1. The fraction of sp³-hybridized carbons (Fsp3) is 0.333. The molecule has 0 radical (unpaired) electrons. The Morgan fingerprint density at radius 2 is 2.12 bits per heavy atom. The van der Waals surface area contributed by atoms with Crippen molar-refractivity contribution in [3.05, 3.63) is 45.9 Å². The molecule has 1 unspecified atom stereocenters. The molecule has 1 N–H and O–H groups in total. The van der Waals surface area contributed by atoms with E-state index in [9.17, 15) is 0 Å². The van der Waals surface area contributed by atoms with Crippen LogP contribution in [-0.2, 0) is 0 Å². The Labute approximate surface area is 110 Å². The van der Waals surface area contributed by atoms with Crippen molar-refractivity contribution in [2.75, 3.05) is 6.54 Å². The summed E-state index contributed by atoms with van der Waals surface area (Å²) in [6.45, 7) is 3.11. The summed E-state index contributed by atoms with van der Waals surface area (Å²) in [6, 6.07) is 8.05. The fourth-order valence-corrected chi connectivity index (χ4v) is 2.36. The van der Waals surface area contributed by atoms with Gasteiger partial charge in [0.15, 0.2) is 0 Å². The lowest BCUT2D eigenvalue weighted by atomic mass is 10.1. The van der Waals surface area contributed by atoms with E-state index in [-0.39, 0.29) is 6.04 Å². The summed E-state index contributed by atoms with van der Waals surface area (Å²) in [6.07, 6.45) is 2.91. The molecule has 0 bridgehead atoms. The van der Waals surface area contributed by atoms with Crippen LogP contribution < -0.4 is 5.32 Å². The molecule has 1 heterocycles. The monoisotopic (exact) mass is 267 g/mol. The third-order valence-electron chi connectivity index (χ3n) is 2.46. The Bertz CT molecular complexity index is 441. The predicted octanol–water partition coefficient (Wildman–Crippen LogP) is 3.28. The SMILES string of the molecule is CCCNC(c1ccc(Cl)cc1)c1cnns1. The minimum atomic E-state index is 0.159. The van der Waals surface area contributed by atoms with Crippen molar-refractivity contribution >= 4 is 23.1 Å². The second-order valence-corrected chi connectivity index (χ2v) is 5.01. The topological polar surface area (TPSA) is 37.8 Å². The Hall–Kier alpha value is -0.970. The first kappa shape index (κ1) is 12.5. The summed E-state index contributed by atoms with van der Waals surface area (Å²) in [7, 11) is 0. The lowest BCUT2D eigenvalue weighted by Crippen LogP contribution is -2.22.